The Hall–Kier alpha value is -2.54. The first-order chi connectivity index (χ1) is 13.9. The van der Waals surface area contributed by atoms with Crippen LogP contribution in [0.2, 0.25) is 0 Å². The molecule has 1 N–H and O–H groups in total. The SMILES string of the molecule is Cc1cccc(C(C)C)c1NC(=O)CSc1nnc(-c2ccco2)n1CC(C)C. The molecule has 29 heavy (non-hydrogen) atoms. The van der Waals surface area contributed by atoms with Crippen molar-refractivity contribution in [1.29, 1.82) is 0 Å². The molecule has 0 saturated carbocycles. The van der Waals surface area contributed by atoms with Gasteiger partial charge in [0.15, 0.2) is 16.7 Å². The van der Waals surface area contributed by atoms with Gasteiger partial charge in [-0.15, -0.1) is 10.2 Å². The highest BCUT2D eigenvalue weighted by molar-refractivity contribution is 7.99. The molecule has 1 amide bonds. The number of thioether (sulfide) groups is 1. The summed E-state index contributed by atoms with van der Waals surface area (Å²) in [7, 11) is 0. The van der Waals surface area contributed by atoms with Gasteiger partial charge in [0.1, 0.15) is 0 Å². The lowest BCUT2D eigenvalue weighted by Crippen LogP contribution is -2.17. The summed E-state index contributed by atoms with van der Waals surface area (Å²) in [6, 6.07) is 9.81. The van der Waals surface area contributed by atoms with Crippen molar-refractivity contribution in [1.82, 2.24) is 14.8 Å². The number of nitrogens with zero attached hydrogens (tertiary/aromatic N) is 3. The Morgan fingerprint density at radius 2 is 1.97 bits per heavy atom. The third kappa shape index (κ3) is 5.09. The maximum absolute atomic E-state index is 12.7. The monoisotopic (exact) mass is 412 g/mol. The average Bonchev–Trinajstić information content (AvgIpc) is 3.31. The summed E-state index contributed by atoms with van der Waals surface area (Å²) in [6.07, 6.45) is 1.62. The van der Waals surface area contributed by atoms with E-state index < -0.39 is 0 Å². The van der Waals surface area contributed by atoms with E-state index in [0.717, 1.165) is 23.4 Å². The third-order valence-corrected chi connectivity index (χ3v) is 5.50. The van der Waals surface area contributed by atoms with Crippen molar-refractivity contribution in [2.75, 3.05) is 11.1 Å². The lowest BCUT2D eigenvalue weighted by Gasteiger charge is -2.16. The number of amides is 1. The molecule has 0 radical (unpaired) electrons. The summed E-state index contributed by atoms with van der Waals surface area (Å²) in [5.74, 6) is 2.32. The Morgan fingerprint density at radius 3 is 2.62 bits per heavy atom. The van der Waals surface area contributed by atoms with Gasteiger partial charge >= 0.3 is 0 Å². The lowest BCUT2D eigenvalue weighted by atomic mass is 9.98. The number of aryl methyl sites for hydroxylation is 1. The number of aromatic nitrogens is 3. The molecule has 3 aromatic rings. The molecule has 7 heteroatoms. The van der Waals surface area contributed by atoms with Gasteiger partial charge < -0.3 is 9.73 Å². The third-order valence-electron chi connectivity index (χ3n) is 4.53. The summed E-state index contributed by atoms with van der Waals surface area (Å²) in [5.41, 5.74) is 3.12. The van der Waals surface area contributed by atoms with Gasteiger partial charge in [-0.3, -0.25) is 9.36 Å². The van der Waals surface area contributed by atoms with Crippen LogP contribution >= 0.6 is 11.8 Å². The average molecular weight is 413 g/mol. The van der Waals surface area contributed by atoms with E-state index in [4.69, 9.17) is 4.42 Å². The number of hydrogen-bond donors (Lipinski definition) is 1. The van der Waals surface area contributed by atoms with Gasteiger partial charge in [0.25, 0.3) is 0 Å². The summed E-state index contributed by atoms with van der Waals surface area (Å²) >= 11 is 1.39. The van der Waals surface area contributed by atoms with Gasteiger partial charge in [-0.1, -0.05) is 57.7 Å². The molecule has 0 aliphatic rings. The van der Waals surface area contributed by atoms with Crippen molar-refractivity contribution in [2.24, 2.45) is 5.92 Å². The van der Waals surface area contributed by atoms with Crippen LogP contribution in [0.25, 0.3) is 11.6 Å². The summed E-state index contributed by atoms with van der Waals surface area (Å²) in [5, 5.41) is 12.4. The minimum Gasteiger partial charge on any atom is -0.461 e. The molecule has 0 atom stereocenters. The second-order valence-corrected chi connectivity index (χ2v) is 8.76. The molecule has 0 aliphatic heterocycles. The summed E-state index contributed by atoms with van der Waals surface area (Å²) < 4.78 is 7.52. The molecule has 0 unspecified atom stereocenters. The fourth-order valence-corrected chi connectivity index (χ4v) is 3.91. The number of rotatable bonds is 8. The van der Waals surface area contributed by atoms with Crippen molar-refractivity contribution in [2.45, 2.75) is 52.2 Å². The molecule has 2 aromatic heterocycles. The molecule has 0 bridgehead atoms. The van der Waals surface area contributed by atoms with Crippen molar-refractivity contribution in [3.05, 3.63) is 47.7 Å². The second kappa shape index (κ2) is 9.31. The largest absolute Gasteiger partial charge is 0.461 e. The van der Waals surface area contributed by atoms with Gasteiger partial charge in [0.2, 0.25) is 5.91 Å². The van der Waals surface area contributed by atoms with Crippen LogP contribution in [0.1, 0.15) is 44.7 Å². The molecule has 154 valence electrons. The van der Waals surface area contributed by atoms with E-state index in [9.17, 15) is 4.79 Å². The van der Waals surface area contributed by atoms with Crippen LogP contribution in [0, 0.1) is 12.8 Å². The Bertz CT molecular complexity index is 961. The number of para-hydroxylation sites is 1. The number of furan rings is 1. The summed E-state index contributed by atoms with van der Waals surface area (Å²) in [6.45, 7) is 11.3. The number of benzene rings is 1. The van der Waals surface area contributed by atoms with Crippen molar-refractivity contribution in [3.8, 4) is 11.6 Å². The zero-order chi connectivity index (χ0) is 21.0. The standard InChI is InChI=1S/C22H28N4O2S/c1-14(2)12-26-21(18-10-7-11-28-18)24-25-22(26)29-13-19(27)23-20-16(5)8-6-9-17(20)15(3)4/h6-11,14-15H,12-13H2,1-5H3,(H,23,27). The Balaban J connectivity index is 1.74. The van der Waals surface area contributed by atoms with Crippen LogP contribution in [0.4, 0.5) is 5.69 Å². The zero-order valence-corrected chi connectivity index (χ0v) is 18.4. The topological polar surface area (TPSA) is 73.0 Å². The van der Waals surface area contributed by atoms with Gasteiger partial charge in [0, 0.05) is 12.2 Å². The molecular weight excluding hydrogens is 384 g/mol. The van der Waals surface area contributed by atoms with Crippen LogP contribution in [0.15, 0.2) is 46.2 Å². The first-order valence-electron chi connectivity index (χ1n) is 9.86. The van der Waals surface area contributed by atoms with Gasteiger partial charge in [-0.2, -0.15) is 0 Å². The molecule has 0 fully saturated rings. The van der Waals surface area contributed by atoms with Crippen LogP contribution in [0.3, 0.4) is 0 Å². The van der Waals surface area contributed by atoms with E-state index in [1.54, 1.807) is 6.26 Å². The molecule has 6 nitrogen and oxygen atoms in total. The van der Waals surface area contributed by atoms with E-state index in [-0.39, 0.29) is 11.7 Å². The van der Waals surface area contributed by atoms with E-state index in [1.165, 1.54) is 11.8 Å². The van der Waals surface area contributed by atoms with Crippen molar-refractivity contribution < 1.29 is 9.21 Å². The highest BCUT2D eigenvalue weighted by Crippen LogP contribution is 2.29. The van der Waals surface area contributed by atoms with E-state index >= 15 is 0 Å². The second-order valence-electron chi connectivity index (χ2n) is 7.82. The Morgan fingerprint density at radius 1 is 1.17 bits per heavy atom. The number of nitrogens with one attached hydrogen (secondary N) is 1. The van der Waals surface area contributed by atoms with Gasteiger partial charge in [-0.05, 0) is 42.0 Å². The predicted molar refractivity (Wildman–Crippen MR) is 117 cm³/mol. The number of anilines is 1. The Kier molecular flexibility index (Phi) is 6.79. The van der Waals surface area contributed by atoms with Crippen molar-refractivity contribution >= 4 is 23.4 Å². The smallest absolute Gasteiger partial charge is 0.234 e. The normalized spacial score (nSPS) is 11.4. The maximum atomic E-state index is 12.7. The molecule has 0 aliphatic carbocycles. The van der Waals surface area contributed by atoms with Crippen LogP contribution in [-0.2, 0) is 11.3 Å². The highest BCUT2D eigenvalue weighted by Gasteiger charge is 2.19. The highest BCUT2D eigenvalue weighted by atomic mass is 32.2. The number of hydrogen-bond acceptors (Lipinski definition) is 5. The predicted octanol–water partition coefficient (Wildman–Crippen LogP) is 5.36. The fourth-order valence-electron chi connectivity index (χ4n) is 3.16. The summed E-state index contributed by atoms with van der Waals surface area (Å²) in [4.78, 5) is 12.7. The van der Waals surface area contributed by atoms with E-state index in [1.807, 2.05) is 35.8 Å². The minimum atomic E-state index is -0.0511. The molecule has 0 spiro atoms. The first-order valence-corrected chi connectivity index (χ1v) is 10.8. The van der Waals surface area contributed by atoms with Crippen LogP contribution < -0.4 is 5.32 Å². The van der Waals surface area contributed by atoms with Crippen molar-refractivity contribution in [3.63, 3.8) is 0 Å². The maximum Gasteiger partial charge on any atom is 0.234 e. The van der Waals surface area contributed by atoms with Gasteiger partial charge in [-0.25, -0.2) is 0 Å². The number of carbonyl (C=O) groups excluding carboxylic acids is 1. The van der Waals surface area contributed by atoms with Crippen LogP contribution in [-0.4, -0.2) is 26.4 Å². The van der Waals surface area contributed by atoms with E-state index in [0.29, 0.717) is 28.6 Å². The first kappa shape index (κ1) is 21.2. The van der Waals surface area contributed by atoms with Crippen LogP contribution in [0.5, 0.6) is 0 Å². The molecule has 0 saturated heterocycles. The zero-order valence-electron chi connectivity index (χ0n) is 17.6. The number of carbonyl (C=O) groups is 1. The van der Waals surface area contributed by atoms with Gasteiger partial charge in [0.05, 0.1) is 12.0 Å². The lowest BCUT2D eigenvalue weighted by molar-refractivity contribution is -0.113. The fraction of sp³-hybridized carbons (Fsp3) is 0.409. The minimum absolute atomic E-state index is 0.0511. The molecular formula is C22H28N4O2S. The molecule has 3 rings (SSSR count). The molecule has 1 aromatic carbocycles. The molecule has 2 heterocycles. The quantitative estimate of drug-likeness (QED) is 0.504. The Labute approximate surface area is 176 Å². The van der Waals surface area contributed by atoms with E-state index in [2.05, 4.69) is 49.3 Å².